The Balaban J connectivity index is 1.62. The minimum atomic E-state index is -0.324. The molecule has 0 aliphatic carbocycles. The van der Waals surface area contributed by atoms with E-state index >= 15 is 0 Å². The van der Waals surface area contributed by atoms with Gasteiger partial charge >= 0.3 is 0 Å². The number of hydrogen-bond acceptors (Lipinski definition) is 9. The number of nitrogens with one attached hydrogen (secondary N) is 1. The van der Waals surface area contributed by atoms with E-state index in [-0.39, 0.29) is 23.1 Å². The van der Waals surface area contributed by atoms with Gasteiger partial charge in [0.05, 0.1) is 12.2 Å². The summed E-state index contributed by atoms with van der Waals surface area (Å²) in [6.45, 7) is 12.1. The molecule has 2 fully saturated rings. The van der Waals surface area contributed by atoms with Gasteiger partial charge in [-0.25, -0.2) is 19.9 Å². The van der Waals surface area contributed by atoms with Crippen molar-refractivity contribution in [3.05, 3.63) is 12.4 Å². The van der Waals surface area contributed by atoms with Crippen LogP contribution in [-0.2, 0) is 4.74 Å². The van der Waals surface area contributed by atoms with Gasteiger partial charge in [-0.15, -0.1) is 0 Å². The summed E-state index contributed by atoms with van der Waals surface area (Å²) in [7, 11) is 0. The molecular formula is C19H26N8O. The Hall–Kier alpha value is -2.68. The molecule has 0 saturated carbocycles. The molecule has 9 nitrogen and oxygen atoms in total. The molecule has 3 aliphatic rings. The molecule has 2 aromatic heterocycles. The number of aromatic nitrogens is 4. The second kappa shape index (κ2) is 5.66. The maximum atomic E-state index is 6.01. The Labute approximate surface area is 164 Å². The highest BCUT2D eigenvalue weighted by atomic mass is 16.5. The first-order chi connectivity index (χ1) is 13.2. The van der Waals surface area contributed by atoms with Gasteiger partial charge < -0.3 is 25.6 Å². The predicted octanol–water partition coefficient (Wildman–Crippen LogP) is 1.73. The Kier molecular flexibility index (Phi) is 3.52. The first kappa shape index (κ1) is 17.4. The summed E-state index contributed by atoms with van der Waals surface area (Å²) in [4.78, 5) is 22.6. The van der Waals surface area contributed by atoms with Gasteiger partial charge in [-0.3, -0.25) is 0 Å². The lowest BCUT2D eigenvalue weighted by Crippen LogP contribution is -2.58. The van der Waals surface area contributed by atoms with E-state index in [2.05, 4.69) is 52.8 Å². The molecule has 9 heteroatoms. The van der Waals surface area contributed by atoms with E-state index in [0.29, 0.717) is 12.4 Å². The van der Waals surface area contributed by atoms with Crippen molar-refractivity contribution in [3.8, 4) is 11.4 Å². The van der Waals surface area contributed by atoms with Gasteiger partial charge in [0.25, 0.3) is 0 Å². The lowest BCUT2D eigenvalue weighted by molar-refractivity contribution is -0.0489. The van der Waals surface area contributed by atoms with Crippen molar-refractivity contribution >= 4 is 23.3 Å². The van der Waals surface area contributed by atoms with Crippen molar-refractivity contribution < 1.29 is 4.74 Å². The smallest absolute Gasteiger partial charge is 0.219 e. The maximum absolute atomic E-state index is 6.01. The summed E-state index contributed by atoms with van der Waals surface area (Å²) in [6, 6.07) is 0. The molecule has 1 atom stereocenters. The zero-order chi connectivity index (χ0) is 19.7. The third kappa shape index (κ3) is 2.64. The van der Waals surface area contributed by atoms with Crippen molar-refractivity contribution in [1.29, 1.82) is 0 Å². The largest absolute Gasteiger partial charge is 0.370 e. The zero-order valence-corrected chi connectivity index (χ0v) is 16.7. The van der Waals surface area contributed by atoms with Crippen LogP contribution in [0.25, 0.3) is 11.4 Å². The monoisotopic (exact) mass is 382 g/mol. The number of nitrogens with zero attached hydrogens (tertiary/aromatic N) is 6. The van der Waals surface area contributed by atoms with Gasteiger partial charge in [-0.1, -0.05) is 13.8 Å². The van der Waals surface area contributed by atoms with E-state index in [1.807, 2.05) is 0 Å². The van der Waals surface area contributed by atoms with Crippen LogP contribution in [0.1, 0.15) is 27.7 Å². The van der Waals surface area contributed by atoms with Crippen molar-refractivity contribution in [2.45, 2.75) is 39.5 Å². The molecule has 5 rings (SSSR count). The van der Waals surface area contributed by atoms with Crippen LogP contribution in [0.2, 0.25) is 0 Å². The predicted molar refractivity (Wildman–Crippen MR) is 108 cm³/mol. The second-order valence-electron chi connectivity index (χ2n) is 9.11. The summed E-state index contributed by atoms with van der Waals surface area (Å²) in [5, 5.41) is 3.64. The molecule has 2 saturated heterocycles. The topological polar surface area (TPSA) is 105 Å². The standard InChI is InChI=1S/C19H26N8O/c1-18(2)9-26(10-18)14-12-15(27-5-6-28-19(3,4)16(27)23-12)25-13(24-14)11-7-21-17(20)22-8-11/h7-8,16,23H,5-6,9-10H2,1-4H3,(H2,20,21,22). The Bertz CT molecular complexity index is 918. The molecule has 0 radical (unpaired) electrons. The number of ether oxygens (including phenoxy) is 1. The van der Waals surface area contributed by atoms with E-state index in [0.717, 1.165) is 42.5 Å². The van der Waals surface area contributed by atoms with Crippen LogP contribution in [0.5, 0.6) is 0 Å². The third-order valence-corrected chi connectivity index (χ3v) is 5.67. The number of fused-ring (bicyclic) bond motifs is 3. The molecule has 0 bridgehead atoms. The highest BCUT2D eigenvalue weighted by Crippen LogP contribution is 2.47. The highest BCUT2D eigenvalue weighted by Gasteiger charge is 2.47. The number of nitrogen functional groups attached to an aromatic ring is 1. The van der Waals surface area contributed by atoms with Gasteiger partial charge in [0.15, 0.2) is 17.5 Å². The van der Waals surface area contributed by atoms with E-state index in [4.69, 9.17) is 20.4 Å². The molecule has 28 heavy (non-hydrogen) atoms. The number of anilines is 4. The lowest BCUT2D eigenvalue weighted by atomic mass is 9.84. The van der Waals surface area contributed by atoms with Gasteiger partial charge in [0.2, 0.25) is 5.95 Å². The quantitative estimate of drug-likeness (QED) is 0.803. The first-order valence-electron chi connectivity index (χ1n) is 9.66. The Morgan fingerprint density at radius 2 is 1.79 bits per heavy atom. The normalized spacial score (nSPS) is 24.2. The van der Waals surface area contributed by atoms with Crippen molar-refractivity contribution in [3.63, 3.8) is 0 Å². The maximum Gasteiger partial charge on any atom is 0.219 e. The summed E-state index contributed by atoms with van der Waals surface area (Å²) < 4.78 is 6.01. The second-order valence-corrected chi connectivity index (χ2v) is 9.11. The van der Waals surface area contributed by atoms with Crippen LogP contribution in [0.3, 0.4) is 0 Å². The summed E-state index contributed by atoms with van der Waals surface area (Å²) in [6.07, 6.45) is 3.38. The summed E-state index contributed by atoms with van der Waals surface area (Å²) in [5.41, 5.74) is 7.35. The van der Waals surface area contributed by atoms with E-state index < -0.39 is 0 Å². The van der Waals surface area contributed by atoms with Crippen molar-refractivity contribution in [1.82, 2.24) is 19.9 Å². The SMILES string of the molecule is CC1(C)CN(c2nc(-c3cnc(N)nc3)nc3c2NC2N3CCOC2(C)C)C1. The molecule has 2 aromatic rings. The van der Waals surface area contributed by atoms with Gasteiger partial charge in [-0.05, 0) is 19.3 Å². The van der Waals surface area contributed by atoms with Gasteiger partial charge in [0.1, 0.15) is 17.5 Å². The van der Waals surface area contributed by atoms with Crippen LogP contribution in [0, 0.1) is 5.41 Å². The number of hydrogen-bond donors (Lipinski definition) is 2. The molecule has 5 heterocycles. The third-order valence-electron chi connectivity index (χ3n) is 5.67. The number of nitrogens with two attached hydrogens (primary N) is 1. The average molecular weight is 382 g/mol. The average Bonchev–Trinajstić information content (AvgIpc) is 3.00. The number of rotatable bonds is 2. The summed E-state index contributed by atoms with van der Waals surface area (Å²) >= 11 is 0. The fourth-order valence-electron chi connectivity index (χ4n) is 4.33. The molecule has 1 unspecified atom stereocenters. The first-order valence-corrected chi connectivity index (χ1v) is 9.66. The van der Waals surface area contributed by atoms with Crippen LogP contribution in [-0.4, -0.2) is 57.9 Å². The lowest BCUT2D eigenvalue weighted by Gasteiger charge is -2.47. The highest BCUT2D eigenvalue weighted by molar-refractivity contribution is 5.86. The minimum absolute atomic E-state index is 0.0245. The van der Waals surface area contributed by atoms with Crippen LogP contribution in [0.4, 0.5) is 23.3 Å². The van der Waals surface area contributed by atoms with E-state index in [9.17, 15) is 0 Å². The van der Waals surface area contributed by atoms with Crippen LogP contribution >= 0.6 is 0 Å². The van der Waals surface area contributed by atoms with Crippen LogP contribution < -0.4 is 20.9 Å². The minimum Gasteiger partial charge on any atom is -0.370 e. The molecule has 0 spiro atoms. The fourth-order valence-corrected chi connectivity index (χ4v) is 4.33. The van der Waals surface area contributed by atoms with E-state index in [1.165, 1.54) is 0 Å². The fraction of sp³-hybridized carbons (Fsp3) is 0.579. The van der Waals surface area contributed by atoms with Gasteiger partial charge in [-0.2, -0.15) is 0 Å². The molecule has 0 amide bonds. The molecule has 3 aliphatic heterocycles. The summed E-state index contributed by atoms with van der Waals surface area (Å²) in [5.74, 6) is 2.71. The molecular weight excluding hydrogens is 356 g/mol. The number of morpholine rings is 1. The Morgan fingerprint density at radius 3 is 2.46 bits per heavy atom. The van der Waals surface area contributed by atoms with Gasteiger partial charge in [0, 0.05) is 32.0 Å². The van der Waals surface area contributed by atoms with E-state index in [1.54, 1.807) is 12.4 Å². The van der Waals surface area contributed by atoms with Crippen molar-refractivity contribution in [2.75, 3.05) is 47.1 Å². The molecule has 3 N–H and O–H groups in total. The molecule has 0 aromatic carbocycles. The zero-order valence-electron chi connectivity index (χ0n) is 16.7. The van der Waals surface area contributed by atoms with Crippen molar-refractivity contribution in [2.24, 2.45) is 5.41 Å². The molecule has 148 valence electrons. The Morgan fingerprint density at radius 1 is 1.11 bits per heavy atom. The van der Waals surface area contributed by atoms with Crippen LogP contribution in [0.15, 0.2) is 12.4 Å².